The first kappa shape index (κ1) is 12.1. The van der Waals surface area contributed by atoms with Crippen molar-refractivity contribution in [3.63, 3.8) is 0 Å². The predicted molar refractivity (Wildman–Crippen MR) is 77.4 cm³/mol. The van der Waals surface area contributed by atoms with E-state index in [9.17, 15) is 5.11 Å². The van der Waals surface area contributed by atoms with Gasteiger partial charge in [0.25, 0.3) is 0 Å². The SMILES string of the molecule is OC(c1ccc(Br)cc1)c1ccc(I)cc1. The normalized spacial score (nSPS) is 12.4. The van der Waals surface area contributed by atoms with Crippen molar-refractivity contribution in [1.82, 2.24) is 0 Å². The Labute approximate surface area is 117 Å². The minimum absolute atomic E-state index is 0.551. The summed E-state index contributed by atoms with van der Waals surface area (Å²) in [6.45, 7) is 0. The summed E-state index contributed by atoms with van der Waals surface area (Å²) in [4.78, 5) is 0. The molecule has 0 bridgehead atoms. The Morgan fingerprint density at radius 1 is 0.875 bits per heavy atom. The van der Waals surface area contributed by atoms with Crippen LogP contribution in [0.4, 0.5) is 0 Å². The third-order valence-corrected chi connectivity index (χ3v) is 3.62. The Hall–Kier alpha value is -0.390. The van der Waals surface area contributed by atoms with Gasteiger partial charge in [0, 0.05) is 8.04 Å². The zero-order valence-electron chi connectivity index (χ0n) is 8.40. The lowest BCUT2D eigenvalue weighted by atomic mass is 10.0. The molecule has 2 rings (SSSR count). The molecule has 0 saturated carbocycles. The van der Waals surface area contributed by atoms with Crippen LogP contribution < -0.4 is 0 Å². The van der Waals surface area contributed by atoms with Gasteiger partial charge in [-0.3, -0.25) is 0 Å². The van der Waals surface area contributed by atoms with Crippen LogP contribution in [0.1, 0.15) is 17.2 Å². The Morgan fingerprint density at radius 2 is 1.31 bits per heavy atom. The lowest BCUT2D eigenvalue weighted by molar-refractivity contribution is 0.220. The average Bonchev–Trinajstić information content (AvgIpc) is 2.30. The fourth-order valence-electron chi connectivity index (χ4n) is 1.48. The highest BCUT2D eigenvalue weighted by molar-refractivity contribution is 14.1. The van der Waals surface area contributed by atoms with Gasteiger partial charge in [0.1, 0.15) is 6.10 Å². The van der Waals surface area contributed by atoms with Crippen LogP contribution >= 0.6 is 38.5 Å². The van der Waals surface area contributed by atoms with Gasteiger partial charge in [0.15, 0.2) is 0 Å². The maximum Gasteiger partial charge on any atom is 0.104 e. The first-order chi connectivity index (χ1) is 7.66. The van der Waals surface area contributed by atoms with Crippen molar-refractivity contribution >= 4 is 38.5 Å². The molecule has 3 heteroatoms. The minimum Gasteiger partial charge on any atom is -0.384 e. The molecule has 2 aromatic carbocycles. The highest BCUT2D eigenvalue weighted by Gasteiger charge is 2.09. The summed E-state index contributed by atoms with van der Waals surface area (Å²) < 4.78 is 2.19. The van der Waals surface area contributed by atoms with E-state index in [1.807, 2.05) is 48.5 Å². The molecule has 0 spiro atoms. The first-order valence-corrected chi connectivity index (χ1v) is 6.73. The van der Waals surface area contributed by atoms with E-state index in [1.54, 1.807) is 0 Å². The lowest BCUT2D eigenvalue weighted by Gasteiger charge is -2.11. The van der Waals surface area contributed by atoms with Crippen molar-refractivity contribution < 1.29 is 5.11 Å². The van der Waals surface area contributed by atoms with E-state index in [0.717, 1.165) is 15.6 Å². The molecule has 1 atom stereocenters. The van der Waals surface area contributed by atoms with E-state index in [2.05, 4.69) is 38.5 Å². The van der Waals surface area contributed by atoms with Gasteiger partial charge in [-0.2, -0.15) is 0 Å². The molecule has 2 aromatic rings. The molecule has 0 aromatic heterocycles. The largest absolute Gasteiger partial charge is 0.384 e. The third-order valence-electron chi connectivity index (χ3n) is 2.37. The van der Waals surface area contributed by atoms with Crippen molar-refractivity contribution in [2.45, 2.75) is 6.10 Å². The fourth-order valence-corrected chi connectivity index (χ4v) is 2.11. The third kappa shape index (κ3) is 2.84. The molecule has 1 N–H and O–H groups in total. The molecule has 1 unspecified atom stereocenters. The van der Waals surface area contributed by atoms with Crippen LogP contribution in [-0.2, 0) is 0 Å². The number of hydrogen-bond acceptors (Lipinski definition) is 1. The summed E-state index contributed by atoms with van der Waals surface area (Å²) in [7, 11) is 0. The van der Waals surface area contributed by atoms with E-state index >= 15 is 0 Å². The molecule has 0 amide bonds. The Balaban J connectivity index is 2.28. The average molecular weight is 389 g/mol. The quantitative estimate of drug-likeness (QED) is 0.766. The predicted octanol–water partition coefficient (Wildman–Crippen LogP) is 4.14. The molecule has 0 fully saturated rings. The molecule has 0 saturated heterocycles. The highest BCUT2D eigenvalue weighted by Crippen LogP contribution is 2.23. The van der Waals surface area contributed by atoms with Gasteiger partial charge in [0.2, 0.25) is 0 Å². The second kappa shape index (κ2) is 5.29. The van der Waals surface area contributed by atoms with E-state index in [4.69, 9.17) is 0 Å². The molecule has 0 radical (unpaired) electrons. The number of halogens is 2. The monoisotopic (exact) mass is 388 g/mol. The van der Waals surface area contributed by atoms with Crippen LogP contribution in [-0.4, -0.2) is 5.11 Å². The summed E-state index contributed by atoms with van der Waals surface area (Å²) in [6.07, 6.45) is -0.551. The Kier molecular flexibility index (Phi) is 4.00. The highest BCUT2D eigenvalue weighted by atomic mass is 127. The number of benzene rings is 2. The Morgan fingerprint density at radius 3 is 1.81 bits per heavy atom. The molecule has 1 nitrogen and oxygen atoms in total. The van der Waals surface area contributed by atoms with Gasteiger partial charge in [-0.1, -0.05) is 40.2 Å². The van der Waals surface area contributed by atoms with Gasteiger partial charge < -0.3 is 5.11 Å². The number of aliphatic hydroxyl groups excluding tert-OH is 1. The number of aliphatic hydroxyl groups is 1. The van der Waals surface area contributed by atoms with Crippen molar-refractivity contribution in [2.24, 2.45) is 0 Å². The van der Waals surface area contributed by atoms with Crippen molar-refractivity contribution in [3.05, 3.63) is 67.7 Å². The molecule has 0 aliphatic heterocycles. The van der Waals surface area contributed by atoms with E-state index in [-0.39, 0.29) is 0 Å². The minimum atomic E-state index is -0.551. The van der Waals surface area contributed by atoms with Crippen molar-refractivity contribution in [2.75, 3.05) is 0 Å². The Bertz CT molecular complexity index is 419. The molecular weight excluding hydrogens is 379 g/mol. The molecule has 0 aliphatic carbocycles. The maximum absolute atomic E-state index is 10.2. The summed E-state index contributed by atoms with van der Waals surface area (Å²) in [5, 5.41) is 10.2. The summed E-state index contributed by atoms with van der Waals surface area (Å²) >= 11 is 5.63. The molecule has 82 valence electrons. The van der Waals surface area contributed by atoms with Crippen molar-refractivity contribution in [3.8, 4) is 0 Å². The van der Waals surface area contributed by atoms with Crippen LogP contribution in [0, 0.1) is 3.57 Å². The van der Waals surface area contributed by atoms with Gasteiger partial charge in [-0.05, 0) is 58.0 Å². The topological polar surface area (TPSA) is 20.2 Å². The molecule has 0 heterocycles. The summed E-state index contributed by atoms with van der Waals surface area (Å²) in [5.41, 5.74) is 1.83. The van der Waals surface area contributed by atoms with Crippen LogP contribution in [0.25, 0.3) is 0 Å². The van der Waals surface area contributed by atoms with Gasteiger partial charge in [0.05, 0.1) is 0 Å². The van der Waals surface area contributed by atoms with Crippen molar-refractivity contribution in [1.29, 1.82) is 0 Å². The summed E-state index contributed by atoms with van der Waals surface area (Å²) in [5.74, 6) is 0. The second-order valence-corrected chi connectivity index (χ2v) is 5.67. The maximum atomic E-state index is 10.2. The van der Waals surface area contributed by atoms with Gasteiger partial charge in [-0.15, -0.1) is 0 Å². The zero-order chi connectivity index (χ0) is 11.5. The zero-order valence-corrected chi connectivity index (χ0v) is 12.1. The molecule has 0 aliphatic rings. The standard InChI is InChI=1S/C13H10BrIO/c14-11-5-1-9(2-6-11)13(16)10-3-7-12(15)8-4-10/h1-8,13,16H. The van der Waals surface area contributed by atoms with E-state index in [0.29, 0.717) is 0 Å². The number of rotatable bonds is 2. The van der Waals surface area contributed by atoms with Gasteiger partial charge >= 0.3 is 0 Å². The first-order valence-electron chi connectivity index (χ1n) is 4.86. The van der Waals surface area contributed by atoms with Crippen LogP contribution in [0.5, 0.6) is 0 Å². The fraction of sp³-hybridized carbons (Fsp3) is 0.0769. The van der Waals surface area contributed by atoms with Gasteiger partial charge in [-0.25, -0.2) is 0 Å². The smallest absolute Gasteiger partial charge is 0.104 e. The molecule has 16 heavy (non-hydrogen) atoms. The van der Waals surface area contributed by atoms with Crippen LogP contribution in [0.15, 0.2) is 53.0 Å². The summed E-state index contributed by atoms with van der Waals surface area (Å²) in [6, 6.07) is 15.6. The van der Waals surface area contributed by atoms with E-state index < -0.39 is 6.10 Å². The van der Waals surface area contributed by atoms with Crippen LogP contribution in [0.2, 0.25) is 0 Å². The number of hydrogen-bond donors (Lipinski definition) is 1. The van der Waals surface area contributed by atoms with E-state index in [1.165, 1.54) is 3.57 Å². The second-order valence-electron chi connectivity index (χ2n) is 3.51. The van der Waals surface area contributed by atoms with Crippen LogP contribution in [0.3, 0.4) is 0 Å². The molecular formula is C13H10BrIO. The lowest BCUT2D eigenvalue weighted by Crippen LogP contribution is -1.99.